The zero-order valence-corrected chi connectivity index (χ0v) is 9.64. The van der Waals surface area contributed by atoms with Crippen LogP contribution in [0.1, 0.15) is 12.8 Å². The highest BCUT2D eigenvalue weighted by Gasteiger charge is 2.13. The minimum absolute atomic E-state index is 0.213. The lowest BCUT2D eigenvalue weighted by Crippen LogP contribution is -2.35. The molecule has 6 heteroatoms. The summed E-state index contributed by atoms with van der Waals surface area (Å²) < 4.78 is 6.51. The number of nitrogens with zero attached hydrogens (tertiary/aromatic N) is 2. The molecule has 0 aliphatic heterocycles. The maximum atomic E-state index is 11.6. The van der Waals surface area contributed by atoms with E-state index in [0.29, 0.717) is 18.8 Å². The van der Waals surface area contributed by atoms with E-state index in [2.05, 4.69) is 10.4 Å². The number of carbonyl (C=O) groups excluding carboxylic acids is 1. The van der Waals surface area contributed by atoms with E-state index in [1.807, 2.05) is 0 Å². The van der Waals surface area contributed by atoms with E-state index in [-0.39, 0.29) is 5.91 Å². The second-order valence-corrected chi connectivity index (χ2v) is 3.61. The van der Waals surface area contributed by atoms with Crippen LogP contribution < -0.4 is 11.1 Å². The highest BCUT2D eigenvalue weighted by molar-refractivity contribution is 5.93. The number of aromatic nitrogens is 2. The van der Waals surface area contributed by atoms with Gasteiger partial charge >= 0.3 is 0 Å². The second-order valence-electron chi connectivity index (χ2n) is 3.61. The van der Waals surface area contributed by atoms with Crippen LogP contribution in [-0.2, 0) is 16.6 Å². The summed E-state index contributed by atoms with van der Waals surface area (Å²) >= 11 is 0. The fourth-order valence-corrected chi connectivity index (χ4v) is 1.28. The Kier molecular flexibility index (Phi) is 4.94. The van der Waals surface area contributed by atoms with Crippen molar-refractivity contribution in [2.75, 3.05) is 19.0 Å². The maximum Gasteiger partial charge on any atom is 0.242 e. The zero-order valence-electron chi connectivity index (χ0n) is 9.64. The largest absolute Gasteiger partial charge is 0.385 e. The van der Waals surface area contributed by atoms with Crippen LogP contribution in [0.3, 0.4) is 0 Å². The van der Waals surface area contributed by atoms with Gasteiger partial charge in [-0.25, -0.2) is 0 Å². The zero-order chi connectivity index (χ0) is 12.0. The van der Waals surface area contributed by atoms with Gasteiger partial charge in [-0.1, -0.05) is 0 Å². The Labute approximate surface area is 94.8 Å². The number of anilines is 1. The lowest BCUT2D eigenvalue weighted by molar-refractivity contribution is -0.117. The van der Waals surface area contributed by atoms with Crippen molar-refractivity contribution in [2.45, 2.75) is 18.9 Å². The van der Waals surface area contributed by atoms with Crippen LogP contribution in [0.25, 0.3) is 0 Å². The molecule has 1 unspecified atom stereocenters. The van der Waals surface area contributed by atoms with Crippen molar-refractivity contribution >= 4 is 11.7 Å². The summed E-state index contributed by atoms with van der Waals surface area (Å²) in [4.78, 5) is 11.6. The molecule has 0 saturated heterocycles. The maximum absolute atomic E-state index is 11.6. The van der Waals surface area contributed by atoms with Gasteiger partial charge in [0.15, 0.2) is 5.82 Å². The number of hydrogen-bond donors (Lipinski definition) is 2. The summed E-state index contributed by atoms with van der Waals surface area (Å²) in [5, 5.41) is 6.69. The van der Waals surface area contributed by atoms with Crippen molar-refractivity contribution in [1.29, 1.82) is 0 Å². The first kappa shape index (κ1) is 12.7. The first-order chi connectivity index (χ1) is 7.63. The molecule has 3 N–H and O–H groups in total. The average Bonchev–Trinajstić information content (AvgIpc) is 2.64. The third-order valence-electron chi connectivity index (χ3n) is 2.17. The van der Waals surface area contributed by atoms with E-state index in [1.165, 1.54) is 0 Å². The Hall–Kier alpha value is -1.40. The number of amides is 1. The molecule has 0 aromatic carbocycles. The number of carbonyl (C=O) groups is 1. The smallest absolute Gasteiger partial charge is 0.242 e. The van der Waals surface area contributed by atoms with Gasteiger partial charge in [0.1, 0.15) is 0 Å². The van der Waals surface area contributed by atoms with Crippen LogP contribution in [-0.4, -0.2) is 35.4 Å². The van der Waals surface area contributed by atoms with Gasteiger partial charge in [0, 0.05) is 33.0 Å². The summed E-state index contributed by atoms with van der Waals surface area (Å²) in [5.41, 5.74) is 5.71. The minimum Gasteiger partial charge on any atom is -0.385 e. The fourth-order valence-electron chi connectivity index (χ4n) is 1.28. The summed E-state index contributed by atoms with van der Waals surface area (Å²) in [7, 11) is 3.41. The highest BCUT2D eigenvalue weighted by Crippen LogP contribution is 2.03. The lowest BCUT2D eigenvalue weighted by atomic mass is 10.1. The van der Waals surface area contributed by atoms with Crippen molar-refractivity contribution in [3.63, 3.8) is 0 Å². The standard InChI is InChI=1S/C10H18N4O2/c1-14-6-5-9(13-14)12-10(15)8(11)4-3-7-16-2/h5-6,8H,3-4,7,11H2,1-2H3,(H,12,13,15). The molecule has 0 spiro atoms. The fraction of sp³-hybridized carbons (Fsp3) is 0.600. The highest BCUT2D eigenvalue weighted by atomic mass is 16.5. The number of nitrogens with two attached hydrogens (primary N) is 1. The van der Waals surface area contributed by atoms with E-state index >= 15 is 0 Å². The third-order valence-corrected chi connectivity index (χ3v) is 2.17. The molecular formula is C10H18N4O2. The lowest BCUT2D eigenvalue weighted by Gasteiger charge is -2.10. The molecule has 0 radical (unpaired) electrons. The minimum atomic E-state index is -0.517. The predicted molar refractivity (Wildman–Crippen MR) is 60.9 cm³/mol. The quantitative estimate of drug-likeness (QED) is 0.675. The molecule has 90 valence electrons. The first-order valence-electron chi connectivity index (χ1n) is 5.18. The van der Waals surface area contributed by atoms with Gasteiger partial charge in [-0.05, 0) is 12.8 Å². The second kappa shape index (κ2) is 6.24. The van der Waals surface area contributed by atoms with Crippen molar-refractivity contribution < 1.29 is 9.53 Å². The van der Waals surface area contributed by atoms with Crippen molar-refractivity contribution in [1.82, 2.24) is 9.78 Å². The van der Waals surface area contributed by atoms with E-state index in [9.17, 15) is 4.79 Å². The molecule has 0 aliphatic carbocycles. The van der Waals surface area contributed by atoms with Crippen molar-refractivity contribution in [3.8, 4) is 0 Å². The van der Waals surface area contributed by atoms with Crippen LogP contribution in [0.2, 0.25) is 0 Å². The molecule has 1 aromatic heterocycles. The van der Waals surface area contributed by atoms with Crippen LogP contribution in [0.5, 0.6) is 0 Å². The first-order valence-corrected chi connectivity index (χ1v) is 5.18. The van der Waals surface area contributed by atoms with Crippen molar-refractivity contribution in [3.05, 3.63) is 12.3 Å². The van der Waals surface area contributed by atoms with Crippen LogP contribution in [0, 0.1) is 0 Å². The predicted octanol–water partition coefficient (Wildman–Crippen LogP) is 0.112. The van der Waals surface area contributed by atoms with E-state index in [0.717, 1.165) is 6.42 Å². The third kappa shape index (κ3) is 4.00. The topological polar surface area (TPSA) is 82.2 Å². The van der Waals surface area contributed by atoms with Gasteiger partial charge in [-0.2, -0.15) is 5.10 Å². The van der Waals surface area contributed by atoms with Gasteiger partial charge < -0.3 is 15.8 Å². The summed E-state index contributed by atoms with van der Waals surface area (Å²) in [5.74, 6) is 0.310. The number of ether oxygens (including phenoxy) is 1. The molecule has 1 heterocycles. The number of nitrogens with one attached hydrogen (secondary N) is 1. The molecular weight excluding hydrogens is 208 g/mol. The molecule has 1 atom stereocenters. The Morgan fingerprint density at radius 3 is 3.06 bits per heavy atom. The average molecular weight is 226 g/mol. The summed E-state index contributed by atoms with van der Waals surface area (Å²) in [6, 6.07) is 1.21. The van der Waals surface area contributed by atoms with Gasteiger partial charge in [0.05, 0.1) is 6.04 Å². The van der Waals surface area contributed by atoms with Gasteiger partial charge in [-0.15, -0.1) is 0 Å². The summed E-state index contributed by atoms with van der Waals surface area (Å²) in [6.07, 6.45) is 3.13. The Morgan fingerprint density at radius 2 is 2.50 bits per heavy atom. The van der Waals surface area contributed by atoms with Crippen LogP contribution in [0.15, 0.2) is 12.3 Å². The SMILES string of the molecule is COCCCC(N)C(=O)Nc1ccn(C)n1. The van der Waals surface area contributed by atoms with E-state index in [4.69, 9.17) is 10.5 Å². The molecule has 0 aliphatic rings. The van der Waals surface area contributed by atoms with Gasteiger partial charge in [0.25, 0.3) is 0 Å². The summed E-state index contributed by atoms with van der Waals surface area (Å²) in [6.45, 7) is 0.616. The molecule has 1 aromatic rings. The molecule has 0 fully saturated rings. The van der Waals surface area contributed by atoms with E-state index < -0.39 is 6.04 Å². The Morgan fingerprint density at radius 1 is 1.75 bits per heavy atom. The number of rotatable bonds is 6. The van der Waals surface area contributed by atoms with Gasteiger partial charge in [-0.3, -0.25) is 9.48 Å². The molecule has 16 heavy (non-hydrogen) atoms. The van der Waals surface area contributed by atoms with Crippen LogP contribution >= 0.6 is 0 Å². The Bertz CT molecular complexity index is 337. The molecule has 0 saturated carbocycles. The van der Waals surface area contributed by atoms with E-state index in [1.54, 1.807) is 31.1 Å². The molecule has 1 rings (SSSR count). The Balaban J connectivity index is 2.34. The number of hydrogen-bond acceptors (Lipinski definition) is 4. The van der Waals surface area contributed by atoms with Crippen LogP contribution in [0.4, 0.5) is 5.82 Å². The molecule has 1 amide bonds. The van der Waals surface area contributed by atoms with Gasteiger partial charge in [0.2, 0.25) is 5.91 Å². The van der Waals surface area contributed by atoms with Crippen molar-refractivity contribution in [2.24, 2.45) is 12.8 Å². The monoisotopic (exact) mass is 226 g/mol. The molecule has 6 nitrogen and oxygen atoms in total. The normalized spacial score (nSPS) is 12.4. The molecule has 0 bridgehead atoms. The number of aryl methyl sites for hydroxylation is 1. The number of methoxy groups -OCH3 is 1.